The molecule has 0 spiro atoms. The van der Waals surface area contributed by atoms with E-state index in [0.717, 1.165) is 6.07 Å². The maximum absolute atomic E-state index is 14.1. The van der Waals surface area contributed by atoms with Crippen LogP contribution in [0.1, 0.15) is 29.6 Å². The standard InChI is InChI=1S/C23H28FN3O4S2/c1-32-16-13-20(26-33(30,31)21-10-6-5-9-19(21)24)23(29)27-14-11-18(12-15-27)25-22(28)17-7-3-2-4-8-17/h2-10,18,20,26H,11-16H2,1H3,(H,25,28). The van der Waals surface area contributed by atoms with E-state index in [1.807, 2.05) is 12.3 Å². The summed E-state index contributed by atoms with van der Waals surface area (Å²) in [6.07, 6.45) is 3.30. The van der Waals surface area contributed by atoms with Crippen molar-refractivity contribution in [3.8, 4) is 0 Å². The number of likely N-dealkylation sites (tertiary alicyclic amines) is 1. The highest BCUT2D eigenvalue weighted by Crippen LogP contribution is 2.18. The third-order valence-corrected chi connectivity index (χ3v) is 7.66. The molecule has 1 saturated heterocycles. The Labute approximate surface area is 198 Å². The molecule has 2 aromatic carbocycles. The fraction of sp³-hybridized carbons (Fsp3) is 0.391. The molecular weight excluding hydrogens is 465 g/mol. The van der Waals surface area contributed by atoms with Crippen LogP contribution < -0.4 is 10.0 Å². The number of amides is 2. The number of thioether (sulfide) groups is 1. The lowest BCUT2D eigenvalue weighted by atomic mass is 10.0. The summed E-state index contributed by atoms with van der Waals surface area (Å²) in [4.78, 5) is 26.7. The highest BCUT2D eigenvalue weighted by Gasteiger charge is 2.32. The van der Waals surface area contributed by atoms with E-state index in [0.29, 0.717) is 43.7 Å². The Morgan fingerprint density at radius 1 is 1.09 bits per heavy atom. The van der Waals surface area contributed by atoms with E-state index >= 15 is 0 Å². The molecule has 178 valence electrons. The summed E-state index contributed by atoms with van der Waals surface area (Å²) in [6.45, 7) is 0.797. The number of hydrogen-bond acceptors (Lipinski definition) is 5. The molecule has 3 rings (SSSR count). The first-order chi connectivity index (χ1) is 15.8. The van der Waals surface area contributed by atoms with Crippen LogP contribution in [0.5, 0.6) is 0 Å². The van der Waals surface area contributed by atoms with Crippen molar-refractivity contribution < 1.29 is 22.4 Å². The highest BCUT2D eigenvalue weighted by atomic mass is 32.2. The quantitative estimate of drug-likeness (QED) is 0.560. The molecule has 1 heterocycles. The van der Waals surface area contributed by atoms with E-state index in [-0.39, 0.29) is 17.9 Å². The molecule has 0 saturated carbocycles. The molecule has 33 heavy (non-hydrogen) atoms. The van der Waals surface area contributed by atoms with Crippen molar-refractivity contribution in [2.45, 2.75) is 36.2 Å². The van der Waals surface area contributed by atoms with Crippen LogP contribution in [0.15, 0.2) is 59.5 Å². The maximum atomic E-state index is 14.1. The van der Waals surface area contributed by atoms with Crippen LogP contribution in [-0.4, -0.2) is 62.3 Å². The third kappa shape index (κ3) is 6.78. The van der Waals surface area contributed by atoms with Gasteiger partial charge in [0.2, 0.25) is 15.9 Å². The summed E-state index contributed by atoms with van der Waals surface area (Å²) in [7, 11) is -4.20. The summed E-state index contributed by atoms with van der Waals surface area (Å²) < 4.78 is 42.0. The molecular formula is C23H28FN3O4S2. The number of halogens is 1. The van der Waals surface area contributed by atoms with Gasteiger partial charge in [-0.3, -0.25) is 9.59 Å². The van der Waals surface area contributed by atoms with Crippen molar-refractivity contribution >= 4 is 33.6 Å². The summed E-state index contributed by atoms with van der Waals surface area (Å²) in [6, 6.07) is 13.0. The minimum Gasteiger partial charge on any atom is -0.349 e. The SMILES string of the molecule is CSCCC(NS(=O)(=O)c1ccccc1F)C(=O)N1CCC(NC(=O)c2ccccc2)CC1. The van der Waals surface area contributed by atoms with Gasteiger partial charge in [-0.1, -0.05) is 30.3 Å². The van der Waals surface area contributed by atoms with Gasteiger partial charge in [-0.15, -0.1) is 0 Å². The van der Waals surface area contributed by atoms with E-state index < -0.39 is 26.8 Å². The predicted molar refractivity (Wildman–Crippen MR) is 127 cm³/mol. The monoisotopic (exact) mass is 493 g/mol. The van der Waals surface area contributed by atoms with Gasteiger partial charge in [-0.05, 0) is 55.5 Å². The molecule has 2 amide bonds. The Balaban J connectivity index is 1.62. The van der Waals surface area contributed by atoms with Gasteiger partial charge in [0.15, 0.2) is 0 Å². The van der Waals surface area contributed by atoms with Crippen LogP contribution in [-0.2, 0) is 14.8 Å². The zero-order valence-electron chi connectivity index (χ0n) is 18.4. The molecule has 1 aliphatic heterocycles. The Hall–Kier alpha value is -2.43. The second-order valence-corrected chi connectivity index (χ2v) is 10.5. The fourth-order valence-electron chi connectivity index (χ4n) is 3.70. The van der Waals surface area contributed by atoms with E-state index in [9.17, 15) is 22.4 Å². The average molecular weight is 494 g/mol. The van der Waals surface area contributed by atoms with Crippen molar-refractivity contribution in [3.05, 3.63) is 66.0 Å². The average Bonchev–Trinajstić information content (AvgIpc) is 2.82. The highest BCUT2D eigenvalue weighted by molar-refractivity contribution is 7.98. The normalized spacial score (nSPS) is 15.8. The second kappa shape index (κ2) is 11.6. The lowest BCUT2D eigenvalue weighted by molar-refractivity contribution is -0.134. The molecule has 1 unspecified atom stereocenters. The van der Waals surface area contributed by atoms with Gasteiger partial charge >= 0.3 is 0 Å². The number of rotatable bonds is 9. The van der Waals surface area contributed by atoms with Crippen LogP contribution in [0, 0.1) is 5.82 Å². The van der Waals surface area contributed by atoms with Crippen LogP contribution >= 0.6 is 11.8 Å². The Morgan fingerprint density at radius 2 is 1.73 bits per heavy atom. The van der Waals surface area contributed by atoms with Crippen LogP contribution in [0.2, 0.25) is 0 Å². The molecule has 2 N–H and O–H groups in total. The van der Waals surface area contributed by atoms with Gasteiger partial charge in [0.1, 0.15) is 16.8 Å². The number of carbonyl (C=O) groups excluding carboxylic acids is 2. The lowest BCUT2D eigenvalue weighted by Gasteiger charge is -2.34. The second-order valence-electron chi connectivity index (χ2n) is 7.82. The van der Waals surface area contributed by atoms with Crippen LogP contribution in [0.25, 0.3) is 0 Å². The molecule has 0 radical (unpaired) electrons. The molecule has 0 aliphatic carbocycles. The number of hydrogen-bond donors (Lipinski definition) is 2. The van der Waals surface area contributed by atoms with Crippen molar-refractivity contribution in [2.24, 2.45) is 0 Å². The number of piperidine rings is 1. The minimum atomic E-state index is -4.20. The molecule has 1 aliphatic rings. The van der Waals surface area contributed by atoms with Crippen LogP contribution in [0.3, 0.4) is 0 Å². The Morgan fingerprint density at radius 3 is 2.36 bits per heavy atom. The van der Waals surface area contributed by atoms with Gasteiger partial charge in [0.05, 0.1) is 0 Å². The number of sulfonamides is 1. The number of benzene rings is 2. The maximum Gasteiger partial charge on any atom is 0.251 e. The summed E-state index contributed by atoms with van der Waals surface area (Å²) in [5.74, 6) is -0.788. The van der Waals surface area contributed by atoms with Crippen molar-refractivity contribution in [1.29, 1.82) is 0 Å². The zero-order chi connectivity index (χ0) is 23.8. The first-order valence-electron chi connectivity index (χ1n) is 10.7. The zero-order valence-corrected chi connectivity index (χ0v) is 20.0. The van der Waals surface area contributed by atoms with Gasteiger partial charge in [0.25, 0.3) is 5.91 Å². The molecule has 7 nitrogen and oxygen atoms in total. The van der Waals surface area contributed by atoms with Crippen molar-refractivity contribution in [2.75, 3.05) is 25.1 Å². The smallest absolute Gasteiger partial charge is 0.251 e. The van der Waals surface area contributed by atoms with Crippen molar-refractivity contribution in [1.82, 2.24) is 14.9 Å². The van der Waals surface area contributed by atoms with Gasteiger partial charge in [-0.25, -0.2) is 12.8 Å². The van der Waals surface area contributed by atoms with Crippen LogP contribution in [0.4, 0.5) is 4.39 Å². The van der Waals surface area contributed by atoms with Gasteiger partial charge < -0.3 is 10.2 Å². The first-order valence-corrected chi connectivity index (χ1v) is 13.6. The number of nitrogens with zero attached hydrogens (tertiary/aromatic N) is 1. The van der Waals surface area contributed by atoms with Gasteiger partial charge in [0, 0.05) is 24.7 Å². The summed E-state index contributed by atoms with van der Waals surface area (Å²) >= 11 is 1.50. The third-order valence-electron chi connectivity index (χ3n) is 5.51. The van der Waals surface area contributed by atoms with E-state index in [1.165, 1.54) is 30.0 Å². The largest absolute Gasteiger partial charge is 0.349 e. The Bertz CT molecular complexity index is 1060. The molecule has 10 heteroatoms. The summed E-state index contributed by atoms with van der Waals surface area (Å²) in [5, 5.41) is 2.99. The fourth-order valence-corrected chi connectivity index (χ4v) is 5.48. The predicted octanol–water partition coefficient (Wildman–Crippen LogP) is 2.65. The molecule has 2 aromatic rings. The van der Waals surface area contributed by atoms with Gasteiger partial charge in [-0.2, -0.15) is 16.5 Å². The number of carbonyl (C=O) groups is 2. The molecule has 1 atom stereocenters. The summed E-state index contributed by atoms with van der Waals surface area (Å²) in [5.41, 5.74) is 0.579. The van der Waals surface area contributed by atoms with E-state index in [4.69, 9.17) is 0 Å². The Kier molecular flexibility index (Phi) is 8.87. The molecule has 1 fully saturated rings. The topological polar surface area (TPSA) is 95.6 Å². The molecule has 0 bridgehead atoms. The lowest BCUT2D eigenvalue weighted by Crippen LogP contribution is -2.53. The van der Waals surface area contributed by atoms with Crippen molar-refractivity contribution in [3.63, 3.8) is 0 Å². The minimum absolute atomic E-state index is 0.0680. The van der Waals surface area contributed by atoms with E-state index in [2.05, 4.69) is 10.0 Å². The van der Waals surface area contributed by atoms with E-state index in [1.54, 1.807) is 29.2 Å². The molecule has 0 aromatic heterocycles. The number of nitrogens with one attached hydrogen (secondary N) is 2. The first kappa shape index (κ1) is 25.2.